The zero-order valence-electron chi connectivity index (χ0n) is 11.8. The second-order valence-corrected chi connectivity index (χ2v) is 6.55. The summed E-state index contributed by atoms with van der Waals surface area (Å²) in [6, 6.07) is 5.28. The van der Waals surface area contributed by atoms with Crippen molar-refractivity contribution >= 4 is 27.5 Å². The van der Waals surface area contributed by atoms with Gasteiger partial charge in [0, 0.05) is 12.7 Å². The number of benzene rings is 1. The van der Waals surface area contributed by atoms with Crippen LogP contribution in [0.25, 0.3) is 0 Å². The number of rotatable bonds is 4. The van der Waals surface area contributed by atoms with E-state index in [9.17, 15) is 18.0 Å². The number of nitrogens with one attached hydrogen (secondary N) is 2. The summed E-state index contributed by atoms with van der Waals surface area (Å²) in [5, 5.41) is 5.05. The van der Waals surface area contributed by atoms with Crippen molar-refractivity contribution in [2.75, 3.05) is 18.9 Å². The normalized spacial score (nSPS) is 20.2. The van der Waals surface area contributed by atoms with Gasteiger partial charge in [-0.15, -0.1) is 0 Å². The van der Waals surface area contributed by atoms with E-state index in [1.807, 2.05) is 0 Å². The fraction of sp³-hybridized carbons (Fsp3) is 0.385. The molecule has 114 valence electrons. The summed E-state index contributed by atoms with van der Waals surface area (Å²) < 4.78 is 26.2. The Morgan fingerprint density at radius 1 is 1.29 bits per heavy atom. The van der Waals surface area contributed by atoms with E-state index in [4.69, 9.17) is 0 Å². The molecule has 1 aromatic carbocycles. The van der Waals surface area contributed by atoms with Crippen LogP contribution in [0, 0.1) is 0 Å². The summed E-state index contributed by atoms with van der Waals surface area (Å²) >= 11 is 0. The first kappa shape index (κ1) is 15.5. The highest BCUT2D eigenvalue weighted by Gasteiger charge is 2.40. The van der Waals surface area contributed by atoms with Gasteiger partial charge in [-0.2, -0.15) is 4.31 Å². The zero-order valence-corrected chi connectivity index (χ0v) is 12.6. The maximum atomic E-state index is 12.6. The Morgan fingerprint density at radius 2 is 1.90 bits per heavy atom. The van der Waals surface area contributed by atoms with E-state index in [1.54, 1.807) is 26.1 Å². The zero-order chi connectivity index (χ0) is 15.6. The minimum absolute atomic E-state index is 0.0578. The molecule has 0 aromatic heterocycles. The lowest BCUT2D eigenvalue weighted by molar-refractivity contribution is -0.137. The molecule has 0 aliphatic carbocycles. The van der Waals surface area contributed by atoms with Crippen molar-refractivity contribution in [1.82, 2.24) is 9.62 Å². The number of amides is 2. The van der Waals surface area contributed by atoms with Gasteiger partial charge in [0.05, 0.1) is 11.4 Å². The summed E-state index contributed by atoms with van der Waals surface area (Å²) in [6.45, 7) is 1.35. The molecule has 21 heavy (non-hydrogen) atoms. The average Bonchev–Trinajstić information content (AvgIpc) is 2.46. The van der Waals surface area contributed by atoms with E-state index in [2.05, 4.69) is 10.6 Å². The Labute approximate surface area is 123 Å². The van der Waals surface area contributed by atoms with Gasteiger partial charge in [0.2, 0.25) is 21.8 Å². The number of sulfonamides is 1. The average molecular weight is 311 g/mol. The van der Waals surface area contributed by atoms with Crippen molar-refractivity contribution in [2.24, 2.45) is 0 Å². The second-order valence-electron chi connectivity index (χ2n) is 4.66. The van der Waals surface area contributed by atoms with Crippen LogP contribution in [0.3, 0.4) is 0 Å². The van der Waals surface area contributed by atoms with Crippen LogP contribution < -0.4 is 10.6 Å². The van der Waals surface area contributed by atoms with Gasteiger partial charge in [0.25, 0.3) is 0 Å². The third-order valence-corrected chi connectivity index (χ3v) is 5.22. The standard InChI is InChI=1S/C13H17N3O4S/c1-3-11-13(18)15-12(17)8-16(11)21(19,20)10-6-4-9(14-2)5-7-10/h4-7,11,14H,3,8H2,1-2H3,(H,15,17,18). The molecule has 1 saturated heterocycles. The third-order valence-electron chi connectivity index (χ3n) is 3.35. The van der Waals surface area contributed by atoms with Crippen molar-refractivity contribution < 1.29 is 18.0 Å². The van der Waals surface area contributed by atoms with Gasteiger partial charge in [-0.05, 0) is 30.7 Å². The summed E-state index contributed by atoms with van der Waals surface area (Å²) in [4.78, 5) is 23.3. The number of nitrogens with zero attached hydrogens (tertiary/aromatic N) is 1. The number of anilines is 1. The minimum Gasteiger partial charge on any atom is -0.388 e. The quantitative estimate of drug-likeness (QED) is 0.772. The molecule has 7 nitrogen and oxygen atoms in total. The Bertz CT molecular complexity index is 654. The molecule has 2 rings (SSSR count). The summed E-state index contributed by atoms with van der Waals surface area (Å²) in [5.41, 5.74) is 0.772. The maximum Gasteiger partial charge on any atom is 0.245 e. The molecule has 0 spiro atoms. The highest BCUT2D eigenvalue weighted by Crippen LogP contribution is 2.22. The molecule has 1 aromatic rings. The lowest BCUT2D eigenvalue weighted by Gasteiger charge is -2.32. The van der Waals surface area contributed by atoms with Gasteiger partial charge in [0.15, 0.2) is 0 Å². The predicted molar refractivity (Wildman–Crippen MR) is 77.1 cm³/mol. The van der Waals surface area contributed by atoms with Gasteiger partial charge in [0.1, 0.15) is 6.04 Å². The van der Waals surface area contributed by atoms with E-state index < -0.39 is 27.9 Å². The van der Waals surface area contributed by atoms with Crippen LogP contribution in [0.4, 0.5) is 5.69 Å². The number of hydrogen-bond donors (Lipinski definition) is 2. The summed E-state index contributed by atoms with van der Waals surface area (Å²) in [7, 11) is -2.16. The number of carbonyl (C=O) groups is 2. The van der Waals surface area contributed by atoms with Gasteiger partial charge in [-0.3, -0.25) is 14.9 Å². The van der Waals surface area contributed by atoms with Crippen molar-refractivity contribution in [3.63, 3.8) is 0 Å². The predicted octanol–water partition coefficient (Wildman–Crippen LogP) is 0.154. The highest BCUT2D eigenvalue weighted by molar-refractivity contribution is 7.89. The number of imide groups is 1. The van der Waals surface area contributed by atoms with Crippen LogP contribution in [-0.4, -0.2) is 44.2 Å². The molecule has 0 bridgehead atoms. The molecule has 1 fully saturated rings. The largest absolute Gasteiger partial charge is 0.388 e. The number of carbonyl (C=O) groups excluding carboxylic acids is 2. The molecule has 0 radical (unpaired) electrons. The van der Waals surface area contributed by atoms with E-state index in [-0.39, 0.29) is 11.4 Å². The number of hydrogen-bond acceptors (Lipinski definition) is 5. The molecule has 1 heterocycles. The van der Waals surface area contributed by atoms with Crippen molar-refractivity contribution in [3.8, 4) is 0 Å². The van der Waals surface area contributed by atoms with E-state index in [0.717, 1.165) is 9.99 Å². The summed E-state index contributed by atoms with van der Waals surface area (Å²) in [5.74, 6) is -1.19. The molecule has 1 aliphatic heterocycles. The maximum absolute atomic E-state index is 12.6. The molecule has 2 amide bonds. The van der Waals surface area contributed by atoms with Crippen LogP contribution in [0.1, 0.15) is 13.3 Å². The van der Waals surface area contributed by atoms with E-state index in [0.29, 0.717) is 6.42 Å². The molecule has 2 N–H and O–H groups in total. The lowest BCUT2D eigenvalue weighted by Crippen LogP contribution is -2.59. The molecular formula is C13H17N3O4S. The van der Waals surface area contributed by atoms with Gasteiger partial charge in [-0.1, -0.05) is 6.92 Å². The molecule has 8 heteroatoms. The van der Waals surface area contributed by atoms with Crippen LogP contribution in [0.15, 0.2) is 29.2 Å². The fourth-order valence-electron chi connectivity index (χ4n) is 2.21. The van der Waals surface area contributed by atoms with Crippen LogP contribution in [0.5, 0.6) is 0 Å². The third kappa shape index (κ3) is 2.91. The highest BCUT2D eigenvalue weighted by atomic mass is 32.2. The Hall–Kier alpha value is -1.93. The minimum atomic E-state index is -3.89. The fourth-order valence-corrected chi connectivity index (χ4v) is 3.83. The van der Waals surface area contributed by atoms with Crippen molar-refractivity contribution in [1.29, 1.82) is 0 Å². The smallest absolute Gasteiger partial charge is 0.245 e. The Balaban J connectivity index is 2.40. The first-order valence-electron chi connectivity index (χ1n) is 6.53. The van der Waals surface area contributed by atoms with Crippen molar-refractivity contribution in [2.45, 2.75) is 24.3 Å². The summed E-state index contributed by atoms with van der Waals surface area (Å²) in [6.07, 6.45) is 0.299. The first-order chi connectivity index (χ1) is 9.90. The van der Waals surface area contributed by atoms with Crippen LogP contribution in [0.2, 0.25) is 0 Å². The lowest BCUT2D eigenvalue weighted by atomic mass is 10.2. The van der Waals surface area contributed by atoms with Crippen LogP contribution in [-0.2, 0) is 19.6 Å². The van der Waals surface area contributed by atoms with Gasteiger partial charge in [-0.25, -0.2) is 8.42 Å². The molecule has 0 saturated carbocycles. The van der Waals surface area contributed by atoms with Gasteiger partial charge < -0.3 is 5.32 Å². The van der Waals surface area contributed by atoms with Gasteiger partial charge >= 0.3 is 0 Å². The topological polar surface area (TPSA) is 95.6 Å². The van der Waals surface area contributed by atoms with E-state index in [1.165, 1.54) is 12.1 Å². The Kier molecular flexibility index (Phi) is 4.29. The number of piperazine rings is 1. The second kappa shape index (κ2) is 5.82. The Morgan fingerprint density at radius 3 is 2.43 bits per heavy atom. The molecule has 1 aliphatic rings. The van der Waals surface area contributed by atoms with Crippen molar-refractivity contribution in [3.05, 3.63) is 24.3 Å². The SMILES string of the molecule is CCC1C(=O)NC(=O)CN1S(=O)(=O)c1ccc(NC)cc1. The molecule has 1 unspecified atom stereocenters. The monoisotopic (exact) mass is 311 g/mol. The molecule has 1 atom stereocenters. The first-order valence-corrected chi connectivity index (χ1v) is 7.97. The van der Waals surface area contributed by atoms with E-state index >= 15 is 0 Å². The molecular weight excluding hydrogens is 294 g/mol. The van der Waals surface area contributed by atoms with Crippen LogP contribution >= 0.6 is 0 Å².